The Morgan fingerprint density at radius 1 is 0.969 bits per heavy atom. The van der Waals surface area contributed by atoms with Gasteiger partial charge in [-0.05, 0) is 51.4 Å². The maximum absolute atomic E-state index is 4.94. The van der Waals surface area contributed by atoms with Crippen molar-refractivity contribution in [2.24, 2.45) is 0 Å². The number of hydrogen-bond donors (Lipinski definition) is 0. The molecule has 0 radical (unpaired) electrons. The lowest BCUT2D eigenvalue weighted by Crippen LogP contribution is -2.34. The Hall–Kier alpha value is -1.80. The second-order valence-electron chi connectivity index (χ2n) is 8.73. The molecule has 0 spiro atoms. The number of aromatic nitrogens is 3. The maximum Gasteiger partial charge on any atom is 0.187 e. The number of nitrogens with zero attached hydrogens (tertiary/aromatic N) is 5. The Morgan fingerprint density at radius 3 is 2.69 bits per heavy atom. The van der Waals surface area contributed by atoms with E-state index in [-0.39, 0.29) is 0 Å². The molecule has 2 fully saturated rings. The number of piperidine rings is 1. The lowest BCUT2D eigenvalue weighted by Gasteiger charge is -2.32. The highest BCUT2D eigenvalue weighted by atomic mass is 32.2. The molecule has 2 aromatic heterocycles. The Kier molecular flexibility index (Phi) is 7.48. The van der Waals surface area contributed by atoms with E-state index in [4.69, 9.17) is 4.98 Å². The fourth-order valence-corrected chi connectivity index (χ4v) is 6.48. The van der Waals surface area contributed by atoms with Crippen LogP contribution < -0.4 is 0 Å². The highest BCUT2D eigenvalue weighted by Gasteiger charge is 2.23. The molecule has 168 valence electrons. The Labute approximate surface area is 199 Å². The SMILES string of the molecule is c1ccc(-c2ncc(CN3CCC[C@H](c4ccnc(SCCN5CCCC5)n4)C3)s2)cc1. The quantitative estimate of drug-likeness (QED) is 0.338. The summed E-state index contributed by atoms with van der Waals surface area (Å²) in [4.78, 5) is 20.6. The summed E-state index contributed by atoms with van der Waals surface area (Å²) in [7, 11) is 0. The predicted molar refractivity (Wildman–Crippen MR) is 133 cm³/mol. The van der Waals surface area contributed by atoms with Gasteiger partial charge in [0.15, 0.2) is 5.16 Å². The number of thioether (sulfide) groups is 1. The van der Waals surface area contributed by atoms with E-state index in [1.807, 2.05) is 17.5 Å². The normalized spacial score (nSPS) is 20.1. The molecule has 1 aromatic carbocycles. The monoisotopic (exact) mass is 465 g/mol. The average Bonchev–Trinajstić information content (AvgIpc) is 3.53. The van der Waals surface area contributed by atoms with Crippen molar-refractivity contribution in [3.8, 4) is 10.6 Å². The predicted octanol–water partition coefficient (Wildman–Crippen LogP) is 5.17. The van der Waals surface area contributed by atoms with Crippen molar-refractivity contribution in [3.63, 3.8) is 0 Å². The minimum absolute atomic E-state index is 0.492. The van der Waals surface area contributed by atoms with Crippen molar-refractivity contribution in [1.82, 2.24) is 24.8 Å². The van der Waals surface area contributed by atoms with E-state index in [0.29, 0.717) is 5.92 Å². The number of thiazole rings is 1. The van der Waals surface area contributed by atoms with E-state index in [0.717, 1.165) is 42.1 Å². The van der Waals surface area contributed by atoms with Gasteiger partial charge in [0.1, 0.15) is 5.01 Å². The molecule has 0 N–H and O–H groups in total. The molecular weight excluding hydrogens is 434 g/mol. The van der Waals surface area contributed by atoms with Crippen LogP contribution in [0, 0.1) is 0 Å². The Balaban J connectivity index is 1.16. The van der Waals surface area contributed by atoms with Crippen LogP contribution in [0.25, 0.3) is 10.6 Å². The second-order valence-corrected chi connectivity index (χ2v) is 10.9. The van der Waals surface area contributed by atoms with Gasteiger partial charge in [-0.1, -0.05) is 42.1 Å². The van der Waals surface area contributed by atoms with Gasteiger partial charge in [0.25, 0.3) is 0 Å². The molecule has 0 unspecified atom stereocenters. The van der Waals surface area contributed by atoms with Gasteiger partial charge in [0, 0.05) is 59.8 Å². The maximum atomic E-state index is 4.94. The molecule has 2 aliphatic heterocycles. The van der Waals surface area contributed by atoms with Crippen LogP contribution in [0.15, 0.2) is 53.9 Å². The van der Waals surface area contributed by atoms with Gasteiger partial charge >= 0.3 is 0 Å². The minimum Gasteiger partial charge on any atom is -0.303 e. The van der Waals surface area contributed by atoms with Crippen molar-refractivity contribution in [3.05, 3.63) is 59.4 Å². The lowest BCUT2D eigenvalue weighted by atomic mass is 9.94. The van der Waals surface area contributed by atoms with Crippen molar-refractivity contribution < 1.29 is 0 Å². The van der Waals surface area contributed by atoms with Crippen molar-refractivity contribution in [2.75, 3.05) is 38.5 Å². The van der Waals surface area contributed by atoms with E-state index < -0.39 is 0 Å². The summed E-state index contributed by atoms with van der Waals surface area (Å²) >= 11 is 3.62. The topological polar surface area (TPSA) is 45.2 Å². The largest absolute Gasteiger partial charge is 0.303 e. The van der Waals surface area contributed by atoms with Gasteiger partial charge in [0.2, 0.25) is 0 Å². The van der Waals surface area contributed by atoms with Crippen LogP contribution in [0.5, 0.6) is 0 Å². The third-order valence-electron chi connectivity index (χ3n) is 6.37. The fraction of sp³-hybridized carbons (Fsp3) is 0.480. The zero-order valence-electron chi connectivity index (χ0n) is 18.5. The molecule has 3 aromatic rings. The van der Waals surface area contributed by atoms with Crippen molar-refractivity contribution in [2.45, 2.75) is 43.3 Å². The zero-order valence-corrected chi connectivity index (χ0v) is 20.2. The van der Waals surface area contributed by atoms with E-state index >= 15 is 0 Å². The molecule has 0 saturated carbocycles. The molecule has 0 amide bonds. The fourth-order valence-electron chi connectivity index (χ4n) is 4.68. The summed E-state index contributed by atoms with van der Waals surface area (Å²) in [5.41, 5.74) is 2.42. The van der Waals surface area contributed by atoms with Gasteiger partial charge in [-0.25, -0.2) is 15.0 Å². The molecule has 2 saturated heterocycles. The van der Waals surface area contributed by atoms with E-state index in [9.17, 15) is 0 Å². The average molecular weight is 466 g/mol. The Bertz CT molecular complexity index is 987. The number of rotatable bonds is 8. The van der Waals surface area contributed by atoms with Crippen LogP contribution in [-0.4, -0.2) is 63.2 Å². The van der Waals surface area contributed by atoms with Crippen molar-refractivity contribution >= 4 is 23.1 Å². The Morgan fingerprint density at radius 2 is 1.81 bits per heavy atom. The smallest absolute Gasteiger partial charge is 0.187 e. The summed E-state index contributed by atoms with van der Waals surface area (Å²) < 4.78 is 0. The summed E-state index contributed by atoms with van der Waals surface area (Å²) in [6, 6.07) is 12.6. The van der Waals surface area contributed by atoms with Gasteiger partial charge in [-0.2, -0.15) is 0 Å². The minimum atomic E-state index is 0.492. The van der Waals surface area contributed by atoms with Crippen molar-refractivity contribution in [1.29, 1.82) is 0 Å². The molecule has 1 atom stereocenters. The van der Waals surface area contributed by atoms with Crippen LogP contribution in [-0.2, 0) is 6.54 Å². The second kappa shape index (κ2) is 10.9. The van der Waals surface area contributed by atoms with Gasteiger partial charge in [-0.15, -0.1) is 11.3 Å². The molecule has 2 aliphatic rings. The third-order valence-corrected chi connectivity index (χ3v) is 8.24. The molecule has 0 aliphatic carbocycles. The number of benzene rings is 1. The van der Waals surface area contributed by atoms with Crippen LogP contribution in [0.2, 0.25) is 0 Å². The third kappa shape index (κ3) is 5.76. The number of likely N-dealkylation sites (tertiary alicyclic amines) is 2. The summed E-state index contributed by atoms with van der Waals surface area (Å²) in [6.07, 6.45) is 9.14. The molecular formula is C25H31N5S2. The van der Waals surface area contributed by atoms with E-state index in [1.54, 1.807) is 11.8 Å². The first-order valence-corrected chi connectivity index (χ1v) is 13.5. The van der Waals surface area contributed by atoms with Gasteiger partial charge in [0.05, 0.1) is 0 Å². The standard InChI is InChI=1S/C25H31N5S2/c1-2-7-20(8-3-1)24-27-17-22(32-24)19-30-14-6-9-21(18-30)23-10-11-26-25(28-23)31-16-15-29-12-4-5-13-29/h1-3,7-8,10-11,17,21H,4-6,9,12-16,18-19H2/t21-/m0/s1. The highest BCUT2D eigenvalue weighted by molar-refractivity contribution is 7.99. The first-order chi connectivity index (χ1) is 15.8. The van der Waals surface area contributed by atoms with Gasteiger partial charge < -0.3 is 4.90 Å². The first kappa shape index (κ1) is 22.0. The van der Waals surface area contributed by atoms with Crippen LogP contribution in [0.4, 0.5) is 0 Å². The summed E-state index contributed by atoms with van der Waals surface area (Å²) in [5, 5.41) is 2.05. The lowest BCUT2D eigenvalue weighted by molar-refractivity contribution is 0.199. The van der Waals surface area contributed by atoms with Crippen LogP contribution >= 0.6 is 23.1 Å². The first-order valence-electron chi connectivity index (χ1n) is 11.7. The molecule has 0 bridgehead atoms. The van der Waals surface area contributed by atoms with E-state index in [1.165, 1.54) is 54.9 Å². The zero-order chi connectivity index (χ0) is 21.6. The van der Waals surface area contributed by atoms with Gasteiger partial charge in [-0.3, -0.25) is 4.90 Å². The highest BCUT2D eigenvalue weighted by Crippen LogP contribution is 2.30. The van der Waals surface area contributed by atoms with E-state index in [2.05, 4.69) is 62.4 Å². The molecule has 32 heavy (non-hydrogen) atoms. The molecule has 5 rings (SSSR count). The molecule has 7 heteroatoms. The van der Waals surface area contributed by atoms with Crippen LogP contribution in [0.1, 0.15) is 42.2 Å². The molecule has 5 nitrogen and oxygen atoms in total. The number of hydrogen-bond acceptors (Lipinski definition) is 7. The summed E-state index contributed by atoms with van der Waals surface area (Å²) in [6.45, 7) is 6.85. The summed E-state index contributed by atoms with van der Waals surface area (Å²) in [5.74, 6) is 1.57. The molecule has 4 heterocycles. The van der Waals surface area contributed by atoms with Crippen LogP contribution in [0.3, 0.4) is 0 Å².